The average Bonchev–Trinajstić information content (AvgIpc) is 3.33. The second-order valence-electron chi connectivity index (χ2n) is 9.42. The van der Waals surface area contributed by atoms with E-state index in [9.17, 15) is 21.9 Å². The van der Waals surface area contributed by atoms with Gasteiger partial charge in [0.1, 0.15) is 29.1 Å². The van der Waals surface area contributed by atoms with Gasteiger partial charge in [0, 0.05) is 44.0 Å². The first-order chi connectivity index (χ1) is 18.1. The average molecular weight is 571 g/mol. The summed E-state index contributed by atoms with van der Waals surface area (Å²) in [7, 11) is -4.47. The van der Waals surface area contributed by atoms with Crippen LogP contribution in [0.25, 0.3) is 0 Å². The smallest absolute Gasteiger partial charge is 0.244 e. The number of benzene rings is 1. The maximum atomic E-state index is 13.1. The van der Waals surface area contributed by atoms with Crippen LogP contribution in [0.4, 0.5) is 0 Å². The summed E-state index contributed by atoms with van der Waals surface area (Å²) in [6.07, 6.45) is 3.81. The van der Waals surface area contributed by atoms with E-state index in [0.717, 1.165) is 0 Å². The Hall–Kier alpha value is -2.33. The molecule has 14 heteroatoms. The number of nitrogens with zero attached hydrogens (tertiary/aromatic N) is 2. The first kappa shape index (κ1) is 28.7. The minimum atomic E-state index is -3.68. The van der Waals surface area contributed by atoms with E-state index in [-0.39, 0.29) is 29.0 Å². The monoisotopic (exact) mass is 570 g/mol. The molecule has 3 N–H and O–H groups in total. The van der Waals surface area contributed by atoms with E-state index in [1.165, 1.54) is 49.1 Å². The Morgan fingerprint density at radius 1 is 1.16 bits per heavy atom. The molecular formula is C24H34N4O8S2. The minimum Gasteiger partial charge on any atom is -0.495 e. The predicted octanol–water partition coefficient (Wildman–Crippen LogP) is 0.340. The molecule has 0 saturated carbocycles. The van der Waals surface area contributed by atoms with Crippen molar-refractivity contribution >= 4 is 20.0 Å². The summed E-state index contributed by atoms with van der Waals surface area (Å²) < 4.78 is 70.5. The quantitative estimate of drug-likeness (QED) is 0.344. The maximum absolute atomic E-state index is 13.1. The third-order valence-electron chi connectivity index (χ3n) is 6.87. The van der Waals surface area contributed by atoms with Crippen LogP contribution in [0.5, 0.6) is 11.5 Å². The van der Waals surface area contributed by atoms with Crippen molar-refractivity contribution in [1.82, 2.24) is 19.3 Å². The lowest BCUT2D eigenvalue weighted by atomic mass is 9.88. The highest BCUT2D eigenvalue weighted by Gasteiger charge is 2.44. The van der Waals surface area contributed by atoms with Gasteiger partial charge in [0.2, 0.25) is 20.0 Å². The number of hydrogen-bond donors (Lipinski definition) is 3. The number of rotatable bonds is 11. The van der Waals surface area contributed by atoms with Crippen LogP contribution >= 0.6 is 0 Å². The van der Waals surface area contributed by atoms with Gasteiger partial charge in [0.15, 0.2) is 0 Å². The van der Waals surface area contributed by atoms with Crippen LogP contribution in [-0.4, -0.2) is 96.0 Å². The van der Waals surface area contributed by atoms with Gasteiger partial charge in [-0.2, -0.15) is 4.31 Å². The number of hydrogen-bond acceptors (Lipinski definition) is 10. The van der Waals surface area contributed by atoms with Crippen LogP contribution < -0.4 is 19.5 Å². The number of methoxy groups -OCH3 is 1. The molecule has 0 radical (unpaired) electrons. The number of nitrogens with one attached hydrogen (secondary N) is 2. The lowest BCUT2D eigenvalue weighted by Gasteiger charge is -2.38. The summed E-state index contributed by atoms with van der Waals surface area (Å²) >= 11 is 0. The molecule has 1 spiro atoms. The van der Waals surface area contributed by atoms with Gasteiger partial charge in [-0.25, -0.2) is 21.6 Å². The van der Waals surface area contributed by atoms with E-state index < -0.39 is 31.8 Å². The third-order valence-corrected chi connectivity index (χ3v) is 10.1. The molecule has 210 valence electrons. The topological polar surface area (TPSA) is 156 Å². The molecule has 12 nitrogen and oxygen atoms in total. The molecule has 0 bridgehead atoms. The van der Waals surface area contributed by atoms with Crippen molar-refractivity contribution in [3.8, 4) is 11.5 Å². The normalized spacial score (nSPS) is 20.9. The zero-order chi connectivity index (χ0) is 27.4. The lowest BCUT2D eigenvalue weighted by Crippen LogP contribution is -2.47. The Morgan fingerprint density at radius 2 is 1.89 bits per heavy atom. The molecule has 38 heavy (non-hydrogen) atoms. The van der Waals surface area contributed by atoms with Gasteiger partial charge in [-0.15, -0.1) is 0 Å². The zero-order valence-corrected chi connectivity index (χ0v) is 23.0. The van der Waals surface area contributed by atoms with E-state index in [2.05, 4.69) is 15.0 Å². The van der Waals surface area contributed by atoms with Crippen molar-refractivity contribution in [2.75, 3.05) is 47.0 Å². The van der Waals surface area contributed by atoms with Crippen LogP contribution in [0.15, 0.2) is 52.5 Å². The summed E-state index contributed by atoms with van der Waals surface area (Å²) in [5.74, 6) is 0.727. The molecule has 2 aliphatic rings. The Balaban J connectivity index is 1.23. The second-order valence-corrected chi connectivity index (χ2v) is 13.2. The molecule has 2 unspecified atom stereocenters. The van der Waals surface area contributed by atoms with Crippen LogP contribution in [0, 0.1) is 0 Å². The molecule has 2 aromatic rings. The van der Waals surface area contributed by atoms with Crippen molar-refractivity contribution < 1.29 is 36.2 Å². The number of sulfonamides is 2. The van der Waals surface area contributed by atoms with E-state index in [1.54, 1.807) is 12.1 Å². The number of pyridine rings is 1. The molecule has 2 atom stereocenters. The Morgan fingerprint density at radius 3 is 2.61 bits per heavy atom. The molecule has 0 amide bonds. The number of aromatic nitrogens is 1. The maximum Gasteiger partial charge on any atom is 0.244 e. The molecule has 2 fully saturated rings. The van der Waals surface area contributed by atoms with Gasteiger partial charge >= 0.3 is 0 Å². The van der Waals surface area contributed by atoms with Crippen LogP contribution in [0.2, 0.25) is 0 Å². The molecule has 2 aliphatic heterocycles. The van der Waals surface area contributed by atoms with Crippen molar-refractivity contribution in [3.63, 3.8) is 0 Å². The lowest BCUT2D eigenvalue weighted by molar-refractivity contribution is -0.0312. The van der Waals surface area contributed by atoms with E-state index >= 15 is 0 Å². The van der Waals surface area contributed by atoms with Gasteiger partial charge in [-0.3, -0.25) is 4.98 Å². The Bertz CT molecular complexity index is 1310. The molecule has 3 heterocycles. The third kappa shape index (κ3) is 6.62. The minimum absolute atomic E-state index is 0.0132. The van der Waals surface area contributed by atoms with E-state index in [1.807, 2.05) is 0 Å². The van der Waals surface area contributed by atoms with E-state index in [0.29, 0.717) is 50.5 Å². The zero-order valence-electron chi connectivity index (χ0n) is 21.4. The van der Waals surface area contributed by atoms with E-state index in [4.69, 9.17) is 14.2 Å². The first-order valence-electron chi connectivity index (χ1n) is 12.3. The second kappa shape index (κ2) is 11.8. The Labute approximate surface area is 223 Å². The Kier molecular flexibility index (Phi) is 8.92. The first-order valence-corrected chi connectivity index (χ1v) is 15.2. The van der Waals surface area contributed by atoms with Gasteiger partial charge in [0.25, 0.3) is 0 Å². The van der Waals surface area contributed by atoms with Crippen molar-refractivity contribution in [2.24, 2.45) is 0 Å². The van der Waals surface area contributed by atoms with Gasteiger partial charge in [0.05, 0.1) is 30.4 Å². The number of aliphatic hydroxyl groups is 1. The fourth-order valence-corrected chi connectivity index (χ4v) is 6.85. The fourth-order valence-electron chi connectivity index (χ4n) is 4.66. The van der Waals surface area contributed by atoms with Gasteiger partial charge in [-0.05, 0) is 38.4 Å². The summed E-state index contributed by atoms with van der Waals surface area (Å²) in [5, 5.41) is 13.7. The molecular weight excluding hydrogens is 536 g/mol. The summed E-state index contributed by atoms with van der Waals surface area (Å²) in [4.78, 5) is 4.14. The molecule has 0 aliphatic carbocycles. The van der Waals surface area contributed by atoms with Crippen LogP contribution in [0.1, 0.15) is 19.3 Å². The predicted molar refractivity (Wildman–Crippen MR) is 138 cm³/mol. The van der Waals surface area contributed by atoms with Crippen molar-refractivity contribution in [3.05, 3.63) is 42.7 Å². The highest BCUT2D eigenvalue weighted by atomic mass is 32.2. The molecule has 2 saturated heterocycles. The molecule has 1 aromatic carbocycles. The number of ether oxygens (including phenoxy) is 3. The standard InChI is InChI=1S/C24H34N4O8S2/c1-25-37(30,31)22-5-3-4-20(10-22)35-17-19(29)13-27-18-12-24(36-16-18)6-8-28(9-7-24)38(32,33)23-11-21(34-2)14-26-15-23/h3-5,10-11,14-15,18-19,25,27,29H,6-9,12-13,16-17H2,1-2H3. The summed E-state index contributed by atoms with van der Waals surface area (Å²) in [6.45, 7) is 1.39. The number of aliphatic hydroxyl groups excluding tert-OH is 1. The highest BCUT2D eigenvalue weighted by molar-refractivity contribution is 7.89. The molecule has 1 aromatic heterocycles. The summed E-state index contributed by atoms with van der Waals surface area (Å²) in [6, 6.07) is 7.54. The fraction of sp³-hybridized carbons (Fsp3) is 0.542. The van der Waals surface area contributed by atoms with Crippen molar-refractivity contribution in [1.29, 1.82) is 0 Å². The van der Waals surface area contributed by atoms with Crippen molar-refractivity contribution in [2.45, 2.75) is 46.8 Å². The van der Waals surface area contributed by atoms with Crippen LogP contribution in [0.3, 0.4) is 0 Å². The number of piperidine rings is 1. The largest absolute Gasteiger partial charge is 0.495 e. The van der Waals surface area contributed by atoms with Gasteiger partial charge in [-0.1, -0.05) is 6.07 Å². The highest BCUT2D eigenvalue weighted by Crippen LogP contribution is 2.37. The summed E-state index contributed by atoms with van der Waals surface area (Å²) in [5.41, 5.74) is -0.406. The van der Waals surface area contributed by atoms with Gasteiger partial charge < -0.3 is 24.6 Å². The molecule has 4 rings (SSSR count). The SMILES string of the molecule is CNS(=O)(=O)c1cccc(OCC(O)CNC2COC3(CCN(S(=O)(=O)c4cncc(OC)c4)CC3)C2)c1. The van der Waals surface area contributed by atoms with Crippen LogP contribution in [-0.2, 0) is 24.8 Å².